The van der Waals surface area contributed by atoms with Crippen molar-refractivity contribution in [2.45, 2.75) is 39.2 Å². The molecule has 23 heavy (non-hydrogen) atoms. The predicted molar refractivity (Wildman–Crippen MR) is 88.5 cm³/mol. The maximum absolute atomic E-state index is 13.0. The molecule has 0 saturated carbocycles. The third-order valence-corrected chi connectivity index (χ3v) is 4.79. The Kier molecular flexibility index (Phi) is 4.22. The van der Waals surface area contributed by atoms with Gasteiger partial charge in [-0.25, -0.2) is 0 Å². The molecule has 0 fully saturated rings. The Morgan fingerprint density at radius 2 is 2.17 bits per heavy atom. The highest BCUT2D eigenvalue weighted by Gasteiger charge is 2.26. The zero-order valence-electron chi connectivity index (χ0n) is 12.8. The van der Waals surface area contributed by atoms with Crippen LogP contribution in [0.4, 0.5) is 0 Å². The number of halogens is 1. The van der Waals surface area contributed by atoms with Gasteiger partial charge < -0.3 is 5.11 Å². The average molecular weight is 374 g/mol. The fraction of sp³-hybridized carbons (Fsp3) is 0.353. The molecule has 6 heteroatoms. The highest BCUT2D eigenvalue weighted by Crippen LogP contribution is 2.31. The zero-order valence-corrected chi connectivity index (χ0v) is 14.4. The molecule has 0 atom stereocenters. The smallest absolute Gasteiger partial charge is 0.211 e. The standard InChI is InChI=1S/C17H16BrN3O2/c1-2-21-15(12-5-3-4-6-14(12)20-21)17(23)10-7-11(9-19)16(22)13(18)8-10/h7-8,22H,2-6H2,1H3. The summed E-state index contributed by atoms with van der Waals surface area (Å²) in [5.74, 6) is -0.297. The van der Waals surface area contributed by atoms with E-state index >= 15 is 0 Å². The van der Waals surface area contributed by atoms with Gasteiger partial charge in [-0.3, -0.25) is 9.48 Å². The second-order valence-electron chi connectivity index (χ2n) is 5.59. The van der Waals surface area contributed by atoms with Crippen LogP contribution in [-0.4, -0.2) is 20.7 Å². The quantitative estimate of drug-likeness (QED) is 0.836. The minimum absolute atomic E-state index is 0.0826. The summed E-state index contributed by atoms with van der Waals surface area (Å²) in [6, 6.07) is 4.90. The van der Waals surface area contributed by atoms with Crippen molar-refractivity contribution in [2.75, 3.05) is 0 Å². The van der Waals surface area contributed by atoms with Crippen LogP contribution in [0.1, 0.15) is 52.6 Å². The highest BCUT2D eigenvalue weighted by atomic mass is 79.9. The number of nitriles is 1. The topological polar surface area (TPSA) is 78.9 Å². The van der Waals surface area contributed by atoms with Crippen molar-refractivity contribution in [1.29, 1.82) is 5.26 Å². The Hall–Kier alpha value is -2.13. The molecular formula is C17H16BrN3O2. The van der Waals surface area contributed by atoms with Crippen molar-refractivity contribution in [3.8, 4) is 11.8 Å². The van der Waals surface area contributed by atoms with Crippen LogP contribution in [0.3, 0.4) is 0 Å². The number of benzene rings is 1. The molecular weight excluding hydrogens is 358 g/mol. The number of aromatic nitrogens is 2. The van der Waals surface area contributed by atoms with E-state index in [0.29, 0.717) is 22.3 Å². The number of carbonyl (C=O) groups is 1. The number of ketones is 1. The van der Waals surface area contributed by atoms with E-state index in [1.54, 1.807) is 10.7 Å². The number of fused-ring (bicyclic) bond motifs is 1. The third-order valence-electron chi connectivity index (χ3n) is 4.18. The number of phenols is 1. The number of nitrogens with zero attached hydrogens (tertiary/aromatic N) is 3. The molecule has 1 aliphatic rings. The molecule has 3 rings (SSSR count). The largest absolute Gasteiger partial charge is 0.505 e. The molecule has 118 valence electrons. The first-order valence-electron chi connectivity index (χ1n) is 7.62. The normalized spacial score (nSPS) is 13.4. The van der Waals surface area contributed by atoms with Crippen LogP contribution in [-0.2, 0) is 19.4 Å². The van der Waals surface area contributed by atoms with Crippen LogP contribution < -0.4 is 0 Å². The van der Waals surface area contributed by atoms with Gasteiger partial charge in [0, 0.05) is 17.7 Å². The Morgan fingerprint density at radius 3 is 2.87 bits per heavy atom. The van der Waals surface area contributed by atoms with E-state index in [2.05, 4.69) is 21.0 Å². The minimum Gasteiger partial charge on any atom is -0.505 e. The lowest BCUT2D eigenvalue weighted by Gasteiger charge is -2.12. The molecule has 0 spiro atoms. The Labute approximate surface area is 142 Å². The van der Waals surface area contributed by atoms with E-state index in [9.17, 15) is 9.90 Å². The molecule has 1 heterocycles. The summed E-state index contributed by atoms with van der Waals surface area (Å²) in [5, 5.41) is 23.5. The zero-order chi connectivity index (χ0) is 16.6. The van der Waals surface area contributed by atoms with Crippen molar-refractivity contribution >= 4 is 21.7 Å². The first kappa shape index (κ1) is 15.8. The van der Waals surface area contributed by atoms with E-state index in [0.717, 1.165) is 36.9 Å². The molecule has 0 aliphatic heterocycles. The third kappa shape index (κ3) is 2.66. The fourth-order valence-corrected chi connectivity index (χ4v) is 3.50. The summed E-state index contributed by atoms with van der Waals surface area (Å²) in [6.45, 7) is 2.58. The fourth-order valence-electron chi connectivity index (χ4n) is 3.04. The van der Waals surface area contributed by atoms with Crippen LogP contribution in [0, 0.1) is 11.3 Å². The van der Waals surface area contributed by atoms with Gasteiger partial charge in [-0.15, -0.1) is 0 Å². The molecule has 1 N–H and O–H groups in total. The van der Waals surface area contributed by atoms with Gasteiger partial charge in [0.25, 0.3) is 0 Å². The van der Waals surface area contributed by atoms with Crippen LogP contribution in [0.2, 0.25) is 0 Å². The van der Waals surface area contributed by atoms with Gasteiger partial charge in [-0.05, 0) is 60.7 Å². The Balaban J connectivity index is 2.13. The SMILES string of the molecule is CCn1nc2c(c1C(=O)c1cc(Br)c(O)c(C#N)c1)CCCC2. The minimum atomic E-state index is -0.153. The molecule has 1 aliphatic carbocycles. The lowest BCUT2D eigenvalue weighted by molar-refractivity contribution is 0.102. The first-order valence-corrected chi connectivity index (χ1v) is 8.42. The van der Waals surface area contributed by atoms with Crippen molar-refractivity contribution in [3.63, 3.8) is 0 Å². The van der Waals surface area contributed by atoms with Gasteiger partial charge in [-0.2, -0.15) is 10.4 Å². The van der Waals surface area contributed by atoms with Gasteiger partial charge in [0.05, 0.1) is 15.7 Å². The van der Waals surface area contributed by atoms with E-state index in [-0.39, 0.29) is 17.1 Å². The van der Waals surface area contributed by atoms with Crippen LogP contribution in [0.15, 0.2) is 16.6 Å². The maximum atomic E-state index is 13.0. The molecule has 1 aromatic heterocycles. The summed E-state index contributed by atoms with van der Waals surface area (Å²) < 4.78 is 2.10. The molecule has 0 radical (unpaired) electrons. The lowest BCUT2D eigenvalue weighted by Crippen LogP contribution is -2.13. The molecule has 1 aromatic carbocycles. The van der Waals surface area contributed by atoms with E-state index < -0.39 is 0 Å². The van der Waals surface area contributed by atoms with Crippen molar-refractivity contribution in [1.82, 2.24) is 9.78 Å². The lowest BCUT2D eigenvalue weighted by atomic mass is 9.93. The number of rotatable bonds is 3. The molecule has 0 unspecified atom stereocenters. The second-order valence-corrected chi connectivity index (χ2v) is 6.45. The second kappa shape index (κ2) is 6.17. The summed E-state index contributed by atoms with van der Waals surface area (Å²) >= 11 is 3.20. The van der Waals surface area contributed by atoms with Crippen LogP contribution in [0.5, 0.6) is 5.75 Å². The van der Waals surface area contributed by atoms with Crippen molar-refractivity contribution < 1.29 is 9.90 Å². The van der Waals surface area contributed by atoms with E-state index in [1.807, 2.05) is 13.0 Å². The number of hydrogen-bond donors (Lipinski definition) is 1. The monoisotopic (exact) mass is 373 g/mol. The van der Waals surface area contributed by atoms with Crippen LogP contribution in [0.25, 0.3) is 0 Å². The van der Waals surface area contributed by atoms with Gasteiger partial charge in [0.15, 0.2) is 0 Å². The Bertz CT molecular complexity index is 833. The Morgan fingerprint density at radius 1 is 1.43 bits per heavy atom. The summed E-state index contributed by atoms with van der Waals surface area (Å²) in [7, 11) is 0. The average Bonchev–Trinajstić information content (AvgIpc) is 2.95. The molecule has 0 bridgehead atoms. The number of carbonyl (C=O) groups excluding carboxylic acids is 1. The molecule has 2 aromatic rings. The van der Waals surface area contributed by atoms with Gasteiger partial charge in [0.1, 0.15) is 17.5 Å². The van der Waals surface area contributed by atoms with Crippen molar-refractivity contribution in [2.24, 2.45) is 0 Å². The predicted octanol–water partition coefficient (Wildman–Crippen LogP) is 3.35. The summed E-state index contributed by atoms with van der Waals surface area (Å²) in [6.07, 6.45) is 3.93. The van der Waals surface area contributed by atoms with Gasteiger partial charge in [0.2, 0.25) is 5.78 Å². The molecule has 5 nitrogen and oxygen atoms in total. The van der Waals surface area contributed by atoms with Gasteiger partial charge >= 0.3 is 0 Å². The van der Waals surface area contributed by atoms with E-state index in [1.165, 1.54) is 6.07 Å². The molecule has 0 amide bonds. The maximum Gasteiger partial charge on any atom is 0.211 e. The van der Waals surface area contributed by atoms with Gasteiger partial charge in [-0.1, -0.05) is 0 Å². The first-order chi connectivity index (χ1) is 11.1. The summed E-state index contributed by atoms with van der Waals surface area (Å²) in [5.41, 5.74) is 3.13. The number of phenolic OH excluding ortho intramolecular Hbond substituents is 1. The molecule has 0 saturated heterocycles. The van der Waals surface area contributed by atoms with Crippen molar-refractivity contribution in [3.05, 3.63) is 44.7 Å². The number of aryl methyl sites for hydroxylation is 2. The number of hydrogen-bond acceptors (Lipinski definition) is 4. The number of aromatic hydroxyl groups is 1. The highest BCUT2D eigenvalue weighted by molar-refractivity contribution is 9.10. The van der Waals surface area contributed by atoms with Crippen LogP contribution >= 0.6 is 15.9 Å². The summed E-state index contributed by atoms with van der Waals surface area (Å²) in [4.78, 5) is 13.0. The van der Waals surface area contributed by atoms with E-state index in [4.69, 9.17) is 5.26 Å².